The van der Waals surface area contributed by atoms with Gasteiger partial charge in [0, 0.05) is 6.54 Å². The van der Waals surface area contributed by atoms with E-state index in [1.54, 1.807) is 0 Å². The van der Waals surface area contributed by atoms with Crippen LogP contribution >= 0.6 is 0 Å². The van der Waals surface area contributed by atoms with Crippen LogP contribution in [0.15, 0.2) is 0 Å². The summed E-state index contributed by atoms with van der Waals surface area (Å²) < 4.78 is 0. The Hall–Kier alpha value is -0.570. The minimum Gasteiger partial charge on any atom is -0.481 e. The van der Waals surface area contributed by atoms with E-state index >= 15 is 0 Å². The highest BCUT2D eigenvalue weighted by atomic mass is 16.4. The topological polar surface area (TPSA) is 63.3 Å². The molecule has 0 aromatic heterocycles. The van der Waals surface area contributed by atoms with Crippen molar-refractivity contribution < 1.29 is 9.90 Å². The standard InChI is InChI=1S/C14H24NO2/c15-9-13(14(16)17)12-7-5-11(6-8-12)10-3-1-2-4-10/h9-13H,1-8,15H2,(H,16,17). The highest BCUT2D eigenvalue weighted by Gasteiger charge is 2.34. The van der Waals surface area contributed by atoms with Crippen LogP contribution in [-0.4, -0.2) is 11.1 Å². The maximum atomic E-state index is 11.1. The van der Waals surface area contributed by atoms with E-state index in [1.165, 1.54) is 45.1 Å². The molecule has 3 nitrogen and oxygen atoms in total. The Morgan fingerprint density at radius 2 is 1.59 bits per heavy atom. The third kappa shape index (κ3) is 3.01. The average molecular weight is 238 g/mol. The molecule has 2 aliphatic carbocycles. The summed E-state index contributed by atoms with van der Waals surface area (Å²) in [5.41, 5.74) is 5.46. The predicted octanol–water partition coefficient (Wildman–Crippen LogP) is 2.80. The van der Waals surface area contributed by atoms with Gasteiger partial charge in [0.15, 0.2) is 0 Å². The van der Waals surface area contributed by atoms with Crippen LogP contribution in [0.2, 0.25) is 0 Å². The molecule has 17 heavy (non-hydrogen) atoms. The Morgan fingerprint density at radius 3 is 2.06 bits per heavy atom. The quantitative estimate of drug-likeness (QED) is 0.791. The van der Waals surface area contributed by atoms with Crippen molar-refractivity contribution in [2.45, 2.75) is 51.4 Å². The first-order valence-corrected chi connectivity index (χ1v) is 7.00. The zero-order valence-corrected chi connectivity index (χ0v) is 10.5. The van der Waals surface area contributed by atoms with Crippen molar-refractivity contribution in [2.75, 3.05) is 0 Å². The number of carboxylic acid groups (broad SMARTS) is 1. The van der Waals surface area contributed by atoms with Gasteiger partial charge in [-0.3, -0.25) is 4.79 Å². The van der Waals surface area contributed by atoms with Gasteiger partial charge in [-0.1, -0.05) is 25.7 Å². The number of nitrogens with two attached hydrogens (primary N) is 1. The van der Waals surface area contributed by atoms with Crippen molar-refractivity contribution in [3.63, 3.8) is 0 Å². The number of aliphatic carboxylic acids is 1. The molecule has 1 atom stereocenters. The Balaban J connectivity index is 1.82. The first-order chi connectivity index (χ1) is 8.22. The maximum Gasteiger partial charge on any atom is 0.308 e. The normalized spacial score (nSPS) is 32.5. The minimum absolute atomic E-state index is 0.273. The first-order valence-electron chi connectivity index (χ1n) is 7.00. The van der Waals surface area contributed by atoms with E-state index in [0.29, 0.717) is 0 Å². The molecule has 0 saturated heterocycles. The van der Waals surface area contributed by atoms with Crippen molar-refractivity contribution in [3.8, 4) is 0 Å². The van der Waals surface area contributed by atoms with Crippen molar-refractivity contribution in [3.05, 3.63) is 6.54 Å². The van der Waals surface area contributed by atoms with Gasteiger partial charge < -0.3 is 10.8 Å². The Labute approximate surface area is 104 Å². The van der Waals surface area contributed by atoms with Gasteiger partial charge in [-0.05, 0) is 43.4 Å². The lowest BCUT2D eigenvalue weighted by atomic mass is 9.71. The van der Waals surface area contributed by atoms with Crippen molar-refractivity contribution >= 4 is 5.97 Å². The summed E-state index contributed by atoms with van der Waals surface area (Å²) >= 11 is 0. The van der Waals surface area contributed by atoms with Crippen molar-refractivity contribution in [2.24, 2.45) is 29.4 Å². The Morgan fingerprint density at radius 1 is 1.06 bits per heavy atom. The second-order valence-electron chi connectivity index (χ2n) is 5.78. The average Bonchev–Trinajstić information content (AvgIpc) is 2.84. The van der Waals surface area contributed by atoms with Crippen LogP contribution in [-0.2, 0) is 4.79 Å². The maximum absolute atomic E-state index is 11.1. The molecule has 0 spiro atoms. The molecule has 2 fully saturated rings. The Kier molecular flexibility index (Phi) is 4.43. The molecule has 3 N–H and O–H groups in total. The van der Waals surface area contributed by atoms with Gasteiger partial charge in [0.1, 0.15) is 0 Å². The van der Waals surface area contributed by atoms with Gasteiger partial charge in [-0.25, -0.2) is 0 Å². The first kappa shape index (κ1) is 12.9. The van der Waals surface area contributed by atoms with E-state index in [2.05, 4.69) is 0 Å². The van der Waals surface area contributed by atoms with E-state index < -0.39 is 11.9 Å². The largest absolute Gasteiger partial charge is 0.481 e. The predicted molar refractivity (Wildman–Crippen MR) is 67.0 cm³/mol. The second-order valence-corrected chi connectivity index (χ2v) is 5.78. The van der Waals surface area contributed by atoms with E-state index in [1.807, 2.05) is 0 Å². The highest BCUT2D eigenvalue weighted by molar-refractivity contribution is 5.71. The highest BCUT2D eigenvalue weighted by Crippen LogP contribution is 2.42. The Bertz CT molecular complexity index is 253. The minimum atomic E-state index is -0.753. The smallest absolute Gasteiger partial charge is 0.308 e. The summed E-state index contributed by atoms with van der Waals surface area (Å²) in [6.07, 6.45) is 10.1. The summed E-state index contributed by atoms with van der Waals surface area (Å²) in [6.45, 7) is 1.38. The second kappa shape index (κ2) is 5.85. The molecule has 3 heteroatoms. The molecule has 2 saturated carbocycles. The van der Waals surface area contributed by atoms with E-state index in [9.17, 15) is 4.79 Å². The monoisotopic (exact) mass is 238 g/mol. The molecule has 1 unspecified atom stereocenters. The summed E-state index contributed by atoms with van der Waals surface area (Å²) in [5.74, 6) is 0.883. The third-order valence-corrected chi connectivity index (χ3v) is 4.88. The molecular formula is C14H24NO2. The molecule has 0 bridgehead atoms. The molecule has 1 radical (unpaired) electrons. The fourth-order valence-electron chi connectivity index (χ4n) is 3.85. The van der Waals surface area contributed by atoms with E-state index in [0.717, 1.165) is 24.7 Å². The molecule has 2 rings (SSSR count). The van der Waals surface area contributed by atoms with E-state index in [4.69, 9.17) is 10.8 Å². The summed E-state index contributed by atoms with van der Waals surface area (Å²) in [6, 6.07) is 0. The van der Waals surface area contributed by atoms with Gasteiger partial charge in [0.05, 0.1) is 5.92 Å². The summed E-state index contributed by atoms with van der Waals surface area (Å²) in [4.78, 5) is 11.1. The zero-order valence-electron chi connectivity index (χ0n) is 10.5. The van der Waals surface area contributed by atoms with Crippen LogP contribution in [0.3, 0.4) is 0 Å². The summed E-state index contributed by atoms with van der Waals surface area (Å²) in [7, 11) is 0. The van der Waals surface area contributed by atoms with Gasteiger partial charge in [0.25, 0.3) is 0 Å². The number of carboxylic acids is 1. The number of hydrogen-bond acceptors (Lipinski definition) is 2. The van der Waals surface area contributed by atoms with Gasteiger partial charge >= 0.3 is 5.97 Å². The molecule has 0 amide bonds. The lowest BCUT2D eigenvalue weighted by Crippen LogP contribution is -2.31. The number of rotatable bonds is 4. The lowest BCUT2D eigenvalue weighted by molar-refractivity contribution is -0.142. The van der Waals surface area contributed by atoms with Crippen molar-refractivity contribution in [1.29, 1.82) is 0 Å². The number of hydrogen-bond donors (Lipinski definition) is 2. The van der Waals surface area contributed by atoms with Crippen LogP contribution in [0.1, 0.15) is 51.4 Å². The third-order valence-electron chi connectivity index (χ3n) is 4.88. The molecule has 0 aromatic carbocycles. The van der Waals surface area contributed by atoms with Crippen LogP contribution in [0, 0.1) is 30.2 Å². The molecule has 0 aliphatic heterocycles. The van der Waals surface area contributed by atoms with Gasteiger partial charge in [-0.2, -0.15) is 0 Å². The van der Waals surface area contributed by atoms with Crippen LogP contribution in [0.4, 0.5) is 0 Å². The molecule has 2 aliphatic rings. The SMILES string of the molecule is N[CH]C(C(=O)O)C1CCC(C2CCCC2)CC1. The van der Waals surface area contributed by atoms with Crippen molar-refractivity contribution in [1.82, 2.24) is 0 Å². The van der Waals surface area contributed by atoms with Crippen LogP contribution in [0.5, 0.6) is 0 Å². The molecule has 0 heterocycles. The van der Waals surface area contributed by atoms with Gasteiger partial charge in [-0.15, -0.1) is 0 Å². The molecule has 0 aromatic rings. The lowest BCUT2D eigenvalue weighted by Gasteiger charge is -2.34. The summed E-state index contributed by atoms with van der Waals surface area (Å²) in [5, 5.41) is 9.09. The fourth-order valence-corrected chi connectivity index (χ4v) is 3.85. The zero-order chi connectivity index (χ0) is 12.3. The van der Waals surface area contributed by atoms with E-state index in [-0.39, 0.29) is 5.92 Å². The fraction of sp³-hybridized carbons (Fsp3) is 0.857. The van der Waals surface area contributed by atoms with Gasteiger partial charge in [0.2, 0.25) is 0 Å². The molecular weight excluding hydrogens is 214 g/mol. The number of carbonyl (C=O) groups is 1. The van der Waals surface area contributed by atoms with Crippen LogP contribution in [0.25, 0.3) is 0 Å². The van der Waals surface area contributed by atoms with Crippen LogP contribution < -0.4 is 5.73 Å². The molecule has 97 valence electrons.